The van der Waals surface area contributed by atoms with E-state index in [1.165, 1.54) is 4.90 Å². The van der Waals surface area contributed by atoms with Crippen LogP contribution in [0.4, 0.5) is 5.69 Å². The minimum absolute atomic E-state index is 0.00474. The Morgan fingerprint density at radius 1 is 0.847 bits per heavy atom. The number of thiazole rings is 1. The Morgan fingerprint density at radius 2 is 1.56 bits per heavy atom. The van der Waals surface area contributed by atoms with Gasteiger partial charge in [-0.2, -0.15) is 0 Å². The second-order valence-electron chi connectivity index (χ2n) is 19.1. The van der Waals surface area contributed by atoms with Gasteiger partial charge in [-0.25, -0.2) is 9.97 Å². The number of para-hydroxylation sites is 1. The van der Waals surface area contributed by atoms with E-state index in [0.29, 0.717) is 17.2 Å². The molecule has 6 aromatic rings. The van der Waals surface area contributed by atoms with Gasteiger partial charge in [0.25, 0.3) is 0 Å². The zero-order valence-corrected chi connectivity index (χ0v) is 42.3. The number of pyridine rings is 1. The van der Waals surface area contributed by atoms with Crippen LogP contribution in [0, 0.1) is 12.3 Å². The molecule has 0 bridgehead atoms. The highest BCUT2D eigenvalue weighted by molar-refractivity contribution is 7.13. The molecule has 1 fully saturated rings. The van der Waals surface area contributed by atoms with Gasteiger partial charge < -0.3 is 44.9 Å². The van der Waals surface area contributed by atoms with Gasteiger partial charge in [-0.15, -0.1) is 11.3 Å². The molecule has 0 saturated carbocycles. The fourth-order valence-electron chi connectivity index (χ4n) is 9.04. The molecule has 4 aromatic carbocycles. The Morgan fingerprint density at radius 3 is 2.28 bits per heavy atom. The molecule has 4 heterocycles. The van der Waals surface area contributed by atoms with Gasteiger partial charge >= 0.3 is 0 Å². The molecule has 2 aliphatic heterocycles. The summed E-state index contributed by atoms with van der Waals surface area (Å²) in [5.74, 6) is -0.274. The molecule has 0 unspecified atom stereocenters. The summed E-state index contributed by atoms with van der Waals surface area (Å²) in [4.78, 5) is 66.2. The Kier molecular flexibility index (Phi) is 16.5. The van der Waals surface area contributed by atoms with Crippen molar-refractivity contribution >= 4 is 40.7 Å². The number of anilines is 1. The molecule has 16 heteroatoms. The number of carbonyl (C=O) groups excluding carboxylic acids is 4. The van der Waals surface area contributed by atoms with Crippen LogP contribution in [0.5, 0.6) is 11.5 Å². The minimum Gasteiger partial charge on any atom is -0.493 e. The number of aliphatic hydroxyl groups excluding tert-OH is 1. The number of carbonyl (C=O) groups is 4. The zero-order valence-electron chi connectivity index (χ0n) is 41.5. The first kappa shape index (κ1) is 51.4. The fourth-order valence-corrected chi connectivity index (χ4v) is 9.86. The largest absolute Gasteiger partial charge is 0.493 e. The average molecular weight is 995 g/mol. The van der Waals surface area contributed by atoms with Gasteiger partial charge in [-0.3, -0.25) is 19.2 Å². The first-order valence-corrected chi connectivity index (χ1v) is 25.1. The summed E-state index contributed by atoms with van der Waals surface area (Å²) >= 11 is 1.57. The van der Waals surface area contributed by atoms with Crippen LogP contribution in [0.15, 0.2) is 109 Å². The number of ether oxygens (including phenoxy) is 4. The quantitative estimate of drug-likeness (QED) is 0.0573. The van der Waals surface area contributed by atoms with Crippen molar-refractivity contribution < 1.29 is 43.2 Å². The number of fused-ring (bicyclic) bond motifs is 3. The smallest absolute Gasteiger partial charge is 0.246 e. The van der Waals surface area contributed by atoms with E-state index in [2.05, 4.69) is 20.9 Å². The van der Waals surface area contributed by atoms with Gasteiger partial charge in [0, 0.05) is 30.5 Å². The predicted molar refractivity (Wildman–Crippen MR) is 278 cm³/mol. The Labute approximate surface area is 424 Å². The lowest BCUT2D eigenvalue weighted by Crippen LogP contribution is -2.58. The van der Waals surface area contributed by atoms with Crippen LogP contribution in [0.3, 0.4) is 0 Å². The maximum atomic E-state index is 14.1. The number of benzene rings is 4. The average Bonchev–Trinajstić information content (AvgIpc) is 3.96. The lowest BCUT2D eigenvalue weighted by atomic mass is 9.85. The van der Waals surface area contributed by atoms with Crippen molar-refractivity contribution in [1.29, 1.82) is 0 Å². The molecule has 8 rings (SSSR count). The van der Waals surface area contributed by atoms with E-state index in [-0.39, 0.29) is 82.6 Å². The van der Waals surface area contributed by atoms with E-state index in [1.807, 2.05) is 143 Å². The van der Waals surface area contributed by atoms with Crippen LogP contribution in [-0.4, -0.2) is 108 Å². The number of nitrogens with one attached hydrogen (secondary N) is 3. The summed E-state index contributed by atoms with van der Waals surface area (Å²) in [5.41, 5.74) is 10.5. The van der Waals surface area contributed by atoms with Gasteiger partial charge in [0.05, 0.1) is 85.3 Å². The highest BCUT2D eigenvalue weighted by Crippen LogP contribution is 2.42. The maximum absolute atomic E-state index is 14.1. The van der Waals surface area contributed by atoms with Gasteiger partial charge in [0.2, 0.25) is 23.6 Å². The minimum atomic E-state index is -0.959. The Hall–Kier alpha value is -6.98. The summed E-state index contributed by atoms with van der Waals surface area (Å²) < 4.78 is 23.4. The monoisotopic (exact) mass is 994 g/mol. The van der Waals surface area contributed by atoms with Crippen molar-refractivity contribution in [2.45, 2.75) is 78.1 Å². The van der Waals surface area contributed by atoms with E-state index in [0.717, 1.165) is 60.9 Å². The van der Waals surface area contributed by atoms with Crippen LogP contribution < -0.4 is 25.4 Å². The molecule has 0 aliphatic carbocycles. The molecule has 1 saturated heterocycles. The first-order chi connectivity index (χ1) is 34.7. The number of hydrogen-bond donors (Lipinski definition) is 4. The number of aryl methyl sites for hydroxylation is 1. The van der Waals surface area contributed by atoms with E-state index in [4.69, 9.17) is 23.9 Å². The van der Waals surface area contributed by atoms with Crippen LogP contribution in [0.25, 0.3) is 44.1 Å². The summed E-state index contributed by atoms with van der Waals surface area (Å²) in [7, 11) is 1.58. The number of hydrogen-bond acceptors (Lipinski definition) is 12. The van der Waals surface area contributed by atoms with Crippen LogP contribution in [-0.2, 0) is 35.1 Å². The summed E-state index contributed by atoms with van der Waals surface area (Å²) in [5, 5.41) is 19.6. The number of amides is 4. The van der Waals surface area contributed by atoms with Crippen molar-refractivity contribution in [2.24, 2.45) is 5.41 Å². The molecular formula is C56H62N6O9S. The number of nitrogens with zero attached hydrogens (tertiary/aromatic N) is 3. The molecule has 15 nitrogen and oxygen atoms in total. The lowest BCUT2D eigenvalue weighted by molar-refractivity contribution is -0.144. The number of rotatable bonds is 19. The van der Waals surface area contributed by atoms with E-state index < -0.39 is 29.5 Å². The van der Waals surface area contributed by atoms with Gasteiger partial charge in [-0.1, -0.05) is 99.6 Å². The second kappa shape index (κ2) is 23.1. The molecule has 4 amide bonds. The number of likely N-dealkylation sites (tertiary alicyclic amines) is 1. The van der Waals surface area contributed by atoms with E-state index in [1.54, 1.807) is 18.4 Å². The Bertz CT molecular complexity index is 2880. The normalized spacial score (nSPS) is 16.2. The van der Waals surface area contributed by atoms with Crippen LogP contribution in [0.1, 0.15) is 63.4 Å². The van der Waals surface area contributed by atoms with Crippen LogP contribution >= 0.6 is 11.3 Å². The van der Waals surface area contributed by atoms with Crippen molar-refractivity contribution in [3.05, 3.63) is 125 Å². The standard InChI is InChI=1S/C56H62N6O9S/c1-34(36-16-18-38(19-17-36)52-35(2)57-33-72-52)58-54(66)46-29-40(63)32-62(46)55(67)53(56(3,4)5)61-49(64)22-23-69-24-25-70-26-27-71-48-28-39(20-21-47(48)68-6)42-30-45(37-12-8-7-9-13-37)60-51-41-14-10-11-15-44(41)59-50(65)31-43(42)51/h7-21,28,30,33-34,40,46,53,63H,22-27,29,31-32H2,1-6H3,(H,58,66)(H,59,65)(H,61,64)/t34-,40+,46-,53+/m0/s1. The maximum Gasteiger partial charge on any atom is 0.246 e. The first-order valence-electron chi connectivity index (χ1n) is 24.2. The molecule has 4 atom stereocenters. The van der Waals surface area contributed by atoms with E-state index in [9.17, 15) is 24.3 Å². The topological polar surface area (TPSA) is 191 Å². The molecule has 4 N–H and O–H groups in total. The Balaban J connectivity index is 0.811. The molecule has 0 radical (unpaired) electrons. The van der Waals surface area contributed by atoms with Gasteiger partial charge in [0.15, 0.2) is 11.5 Å². The van der Waals surface area contributed by atoms with Crippen molar-refractivity contribution in [3.8, 4) is 55.6 Å². The molecule has 376 valence electrons. The van der Waals surface area contributed by atoms with Gasteiger partial charge in [0.1, 0.15) is 18.7 Å². The summed E-state index contributed by atoms with van der Waals surface area (Å²) in [6, 6.07) is 31.0. The molecule has 0 spiro atoms. The molecular weight excluding hydrogens is 933 g/mol. The SMILES string of the molecule is COc1ccc(-c2cc(-c3ccccc3)nc3c2CC(=O)Nc2ccccc2-3)cc1OCCOCCOCCC(=O)N[C@H](C(=O)N1C[C@H](O)C[C@H]1C(=O)N[C@@H](C)c1ccc(-c2scnc2C)cc1)C(C)(C)C. The summed E-state index contributed by atoms with van der Waals surface area (Å²) in [6.07, 6.45) is -0.664. The lowest BCUT2D eigenvalue weighted by Gasteiger charge is -2.35. The number of β-amino-alcohol motifs (C(OH)–C–C–N with tert-alkyl or cyclic N) is 1. The van der Waals surface area contributed by atoms with Crippen LogP contribution in [0.2, 0.25) is 0 Å². The third-order valence-electron chi connectivity index (χ3n) is 12.9. The molecule has 2 aliphatic rings. The second-order valence-corrected chi connectivity index (χ2v) is 19.9. The number of methoxy groups -OCH3 is 1. The predicted octanol–water partition coefficient (Wildman–Crippen LogP) is 8.19. The zero-order chi connectivity index (χ0) is 50.9. The van der Waals surface area contributed by atoms with E-state index >= 15 is 0 Å². The highest BCUT2D eigenvalue weighted by atomic mass is 32.1. The molecule has 72 heavy (non-hydrogen) atoms. The van der Waals surface area contributed by atoms with Crippen molar-refractivity contribution in [2.75, 3.05) is 52.0 Å². The number of aromatic nitrogens is 2. The van der Waals surface area contributed by atoms with Crippen molar-refractivity contribution in [3.63, 3.8) is 0 Å². The summed E-state index contributed by atoms with van der Waals surface area (Å²) in [6.45, 7) is 10.4. The number of aliphatic hydroxyl groups is 1. The van der Waals surface area contributed by atoms with Crippen molar-refractivity contribution in [1.82, 2.24) is 25.5 Å². The molecule has 2 aromatic heterocycles. The third kappa shape index (κ3) is 12.2. The third-order valence-corrected chi connectivity index (χ3v) is 13.8. The highest BCUT2D eigenvalue weighted by Gasteiger charge is 2.44. The van der Waals surface area contributed by atoms with Gasteiger partial charge in [-0.05, 0) is 71.3 Å². The fraction of sp³-hybridized carbons (Fsp3) is 0.357.